The molecular weight excluding hydrogens is 250 g/mol. The maximum absolute atomic E-state index is 12.1. The minimum atomic E-state index is -0.0880. The van der Waals surface area contributed by atoms with Gasteiger partial charge in [-0.1, -0.05) is 19.9 Å². The highest BCUT2D eigenvalue weighted by Gasteiger charge is 2.10. The first-order valence-corrected chi connectivity index (χ1v) is 6.95. The van der Waals surface area contributed by atoms with Crippen LogP contribution in [0.2, 0.25) is 0 Å². The van der Waals surface area contributed by atoms with Crippen LogP contribution in [0.15, 0.2) is 36.5 Å². The van der Waals surface area contributed by atoms with Crippen molar-refractivity contribution in [3.8, 4) is 0 Å². The van der Waals surface area contributed by atoms with Gasteiger partial charge in [-0.05, 0) is 36.6 Å². The van der Waals surface area contributed by atoms with Crippen molar-refractivity contribution in [3.63, 3.8) is 0 Å². The Labute approximate surface area is 119 Å². The van der Waals surface area contributed by atoms with Crippen molar-refractivity contribution in [2.75, 3.05) is 6.54 Å². The lowest BCUT2D eigenvalue weighted by Gasteiger charge is -2.14. The van der Waals surface area contributed by atoms with Crippen molar-refractivity contribution < 1.29 is 4.79 Å². The molecule has 0 radical (unpaired) electrons. The number of amides is 1. The van der Waals surface area contributed by atoms with E-state index in [9.17, 15) is 4.79 Å². The van der Waals surface area contributed by atoms with E-state index in [2.05, 4.69) is 24.1 Å². The number of carbonyl (C=O) groups excluding carboxylic acids is 1. The van der Waals surface area contributed by atoms with E-state index in [0.717, 1.165) is 17.3 Å². The molecule has 0 bridgehead atoms. The molecule has 2 aromatic rings. The summed E-state index contributed by atoms with van der Waals surface area (Å²) in [5.41, 5.74) is 7.50. The largest absolute Gasteiger partial charge is 0.350 e. The highest BCUT2D eigenvalue weighted by Crippen LogP contribution is 2.13. The summed E-state index contributed by atoms with van der Waals surface area (Å²) in [7, 11) is 0. The van der Waals surface area contributed by atoms with Crippen molar-refractivity contribution in [2.45, 2.75) is 26.3 Å². The van der Waals surface area contributed by atoms with Crippen molar-refractivity contribution in [3.05, 3.63) is 42.1 Å². The third-order valence-corrected chi connectivity index (χ3v) is 3.16. The van der Waals surface area contributed by atoms with E-state index in [1.165, 1.54) is 0 Å². The van der Waals surface area contributed by atoms with Gasteiger partial charge in [-0.3, -0.25) is 9.78 Å². The number of fused-ring (bicyclic) bond motifs is 1. The Morgan fingerprint density at radius 2 is 2.15 bits per heavy atom. The van der Waals surface area contributed by atoms with E-state index >= 15 is 0 Å². The number of hydrogen-bond donors (Lipinski definition) is 2. The van der Waals surface area contributed by atoms with Gasteiger partial charge in [-0.15, -0.1) is 0 Å². The molecule has 0 saturated carbocycles. The molecule has 4 heteroatoms. The number of benzene rings is 1. The van der Waals surface area contributed by atoms with E-state index < -0.39 is 0 Å². The standard InChI is InChI=1S/C16H21N3O/c1-11(2)8-14(17)10-19-16(20)13-5-6-15-12(9-13)4-3-7-18-15/h3-7,9,11,14H,8,10,17H2,1-2H3,(H,19,20). The molecule has 0 aliphatic rings. The van der Waals surface area contributed by atoms with Crippen LogP contribution in [0, 0.1) is 5.92 Å². The highest BCUT2D eigenvalue weighted by molar-refractivity contribution is 5.97. The monoisotopic (exact) mass is 271 g/mol. The summed E-state index contributed by atoms with van der Waals surface area (Å²) < 4.78 is 0. The summed E-state index contributed by atoms with van der Waals surface area (Å²) >= 11 is 0. The average Bonchev–Trinajstić information content (AvgIpc) is 2.43. The van der Waals surface area contributed by atoms with E-state index in [0.29, 0.717) is 18.0 Å². The molecular formula is C16H21N3O. The second kappa shape index (κ2) is 6.48. The van der Waals surface area contributed by atoms with Crippen LogP contribution < -0.4 is 11.1 Å². The Kier molecular flexibility index (Phi) is 4.69. The fourth-order valence-corrected chi connectivity index (χ4v) is 2.23. The Balaban J connectivity index is 2.00. The fourth-order valence-electron chi connectivity index (χ4n) is 2.23. The summed E-state index contributed by atoms with van der Waals surface area (Å²) in [6.07, 6.45) is 2.65. The molecule has 1 amide bonds. The minimum absolute atomic E-state index is 0.000994. The number of nitrogens with zero attached hydrogens (tertiary/aromatic N) is 1. The molecule has 3 N–H and O–H groups in total. The predicted molar refractivity (Wildman–Crippen MR) is 81.5 cm³/mol. The van der Waals surface area contributed by atoms with Gasteiger partial charge in [0.2, 0.25) is 0 Å². The maximum atomic E-state index is 12.1. The molecule has 2 rings (SSSR count). The topological polar surface area (TPSA) is 68.0 Å². The first-order valence-electron chi connectivity index (χ1n) is 6.95. The maximum Gasteiger partial charge on any atom is 0.251 e. The Morgan fingerprint density at radius 3 is 2.90 bits per heavy atom. The lowest BCUT2D eigenvalue weighted by atomic mass is 10.0. The Hall–Kier alpha value is -1.94. The molecule has 1 unspecified atom stereocenters. The molecule has 0 aliphatic carbocycles. The second-order valence-electron chi connectivity index (χ2n) is 5.51. The van der Waals surface area contributed by atoms with E-state index in [-0.39, 0.29) is 11.9 Å². The van der Waals surface area contributed by atoms with Gasteiger partial charge in [-0.25, -0.2) is 0 Å². The third kappa shape index (κ3) is 3.78. The average molecular weight is 271 g/mol. The summed E-state index contributed by atoms with van der Waals surface area (Å²) in [4.78, 5) is 16.3. The van der Waals surface area contributed by atoms with Crippen molar-refractivity contribution in [1.29, 1.82) is 0 Å². The smallest absolute Gasteiger partial charge is 0.251 e. The molecule has 1 atom stereocenters. The zero-order valence-electron chi connectivity index (χ0n) is 12.0. The summed E-state index contributed by atoms with van der Waals surface area (Å²) in [5, 5.41) is 3.85. The SMILES string of the molecule is CC(C)CC(N)CNC(=O)c1ccc2ncccc2c1. The van der Waals surface area contributed by atoms with Crippen LogP contribution in [0.4, 0.5) is 0 Å². The second-order valence-corrected chi connectivity index (χ2v) is 5.51. The molecule has 0 aliphatic heterocycles. The number of carbonyl (C=O) groups is 1. The van der Waals surface area contributed by atoms with Gasteiger partial charge in [-0.2, -0.15) is 0 Å². The van der Waals surface area contributed by atoms with Crippen LogP contribution in [0.1, 0.15) is 30.6 Å². The van der Waals surface area contributed by atoms with E-state index in [1.807, 2.05) is 24.3 Å². The lowest BCUT2D eigenvalue weighted by molar-refractivity contribution is 0.0950. The predicted octanol–water partition coefficient (Wildman–Crippen LogP) is 2.34. The normalized spacial score (nSPS) is 12.6. The molecule has 0 fully saturated rings. The number of nitrogens with two attached hydrogens (primary N) is 1. The van der Waals surface area contributed by atoms with E-state index in [4.69, 9.17) is 5.73 Å². The van der Waals surface area contributed by atoms with Crippen molar-refractivity contribution in [1.82, 2.24) is 10.3 Å². The molecule has 0 spiro atoms. The van der Waals surface area contributed by atoms with Crippen molar-refractivity contribution in [2.24, 2.45) is 11.7 Å². The Morgan fingerprint density at radius 1 is 1.35 bits per heavy atom. The molecule has 20 heavy (non-hydrogen) atoms. The first-order chi connectivity index (χ1) is 9.56. The lowest BCUT2D eigenvalue weighted by Crippen LogP contribution is -2.38. The molecule has 1 aromatic carbocycles. The number of hydrogen-bond acceptors (Lipinski definition) is 3. The number of rotatable bonds is 5. The van der Waals surface area contributed by atoms with Gasteiger partial charge in [0.1, 0.15) is 0 Å². The summed E-state index contributed by atoms with van der Waals surface area (Å²) in [5.74, 6) is 0.448. The van der Waals surface area contributed by atoms with Crippen LogP contribution in [-0.4, -0.2) is 23.5 Å². The number of nitrogens with one attached hydrogen (secondary N) is 1. The molecule has 0 saturated heterocycles. The highest BCUT2D eigenvalue weighted by atomic mass is 16.1. The van der Waals surface area contributed by atoms with Crippen LogP contribution in [-0.2, 0) is 0 Å². The molecule has 106 valence electrons. The molecule has 1 heterocycles. The van der Waals surface area contributed by atoms with Crippen LogP contribution >= 0.6 is 0 Å². The van der Waals surface area contributed by atoms with E-state index in [1.54, 1.807) is 12.3 Å². The quantitative estimate of drug-likeness (QED) is 0.877. The number of pyridine rings is 1. The third-order valence-electron chi connectivity index (χ3n) is 3.16. The van der Waals surface area contributed by atoms with Crippen LogP contribution in [0.3, 0.4) is 0 Å². The zero-order chi connectivity index (χ0) is 14.5. The molecule has 1 aromatic heterocycles. The van der Waals surface area contributed by atoms with Crippen LogP contribution in [0.5, 0.6) is 0 Å². The van der Waals surface area contributed by atoms with Gasteiger partial charge in [0, 0.05) is 29.7 Å². The summed E-state index contributed by atoms with van der Waals surface area (Å²) in [6, 6.07) is 9.32. The zero-order valence-corrected chi connectivity index (χ0v) is 12.0. The van der Waals surface area contributed by atoms with Gasteiger partial charge in [0.05, 0.1) is 5.52 Å². The van der Waals surface area contributed by atoms with Crippen molar-refractivity contribution >= 4 is 16.8 Å². The van der Waals surface area contributed by atoms with Crippen LogP contribution in [0.25, 0.3) is 10.9 Å². The Bertz CT molecular complexity index is 595. The van der Waals surface area contributed by atoms with Gasteiger partial charge >= 0.3 is 0 Å². The van der Waals surface area contributed by atoms with Gasteiger partial charge in [0.15, 0.2) is 0 Å². The number of aromatic nitrogens is 1. The minimum Gasteiger partial charge on any atom is -0.350 e. The fraction of sp³-hybridized carbons (Fsp3) is 0.375. The summed E-state index contributed by atoms with van der Waals surface area (Å²) in [6.45, 7) is 4.75. The first kappa shape index (κ1) is 14.5. The molecule has 4 nitrogen and oxygen atoms in total. The van der Waals surface area contributed by atoms with Gasteiger partial charge < -0.3 is 11.1 Å². The van der Waals surface area contributed by atoms with Gasteiger partial charge in [0.25, 0.3) is 5.91 Å².